The maximum atomic E-state index is 9.06. The molecule has 1 aliphatic rings. The molecule has 106 valence electrons. The van der Waals surface area contributed by atoms with Crippen LogP contribution in [0.5, 0.6) is 5.75 Å². The van der Waals surface area contributed by atoms with Crippen LogP contribution < -0.4 is 10.2 Å². The van der Waals surface area contributed by atoms with Crippen LogP contribution in [0.15, 0.2) is 18.2 Å². The number of nitriles is 1. The topological polar surface area (TPSA) is 51.5 Å². The first-order chi connectivity index (χ1) is 9.30. The van der Waals surface area contributed by atoms with Crippen molar-refractivity contribution in [1.82, 2.24) is 0 Å². The molecule has 0 radical (unpaired) electrons. The highest BCUT2D eigenvalue weighted by atomic mass is 16.7. The number of ether oxygens (including phenoxy) is 1. The van der Waals surface area contributed by atoms with E-state index >= 15 is 0 Å². The van der Waals surface area contributed by atoms with E-state index in [9.17, 15) is 0 Å². The number of hydrogen-bond donors (Lipinski definition) is 0. The van der Waals surface area contributed by atoms with E-state index in [0.29, 0.717) is 17.9 Å². The molecular formula is C15H20BNO3. The third-order valence-corrected chi connectivity index (χ3v) is 3.95. The number of nitrogens with zero attached hydrogens (tertiary/aromatic N) is 1. The molecule has 0 aliphatic carbocycles. The van der Waals surface area contributed by atoms with E-state index in [4.69, 9.17) is 19.3 Å². The summed E-state index contributed by atoms with van der Waals surface area (Å²) in [7, 11) is -0.519. The first-order valence-electron chi connectivity index (χ1n) is 6.83. The van der Waals surface area contributed by atoms with E-state index < -0.39 is 18.3 Å². The van der Waals surface area contributed by atoms with Gasteiger partial charge in [0.25, 0.3) is 0 Å². The summed E-state index contributed by atoms with van der Waals surface area (Å²) in [5.41, 5.74) is 0.510. The summed E-state index contributed by atoms with van der Waals surface area (Å²) in [4.78, 5) is 0. The zero-order valence-corrected chi connectivity index (χ0v) is 12.7. The molecule has 0 N–H and O–H groups in total. The molecule has 1 aliphatic heterocycles. The minimum absolute atomic E-state index is 0.413. The van der Waals surface area contributed by atoms with Gasteiger partial charge in [-0.2, -0.15) is 5.26 Å². The molecule has 1 aromatic rings. The smallest absolute Gasteiger partial charge is 0.494 e. The van der Waals surface area contributed by atoms with Crippen LogP contribution in [-0.4, -0.2) is 24.9 Å². The summed E-state index contributed by atoms with van der Waals surface area (Å²) < 4.78 is 17.7. The standard InChI is InChI=1S/C15H20BNO3/c1-6-18-13-8-7-11(10-17)9-12(13)16-19-14(2,3)15(4,5)20-16/h7-9H,6H2,1-5H3. The Balaban J connectivity index is 2.40. The summed E-state index contributed by atoms with van der Waals surface area (Å²) in [6, 6.07) is 7.44. The molecule has 1 heterocycles. The van der Waals surface area contributed by atoms with Crippen LogP contribution in [0.1, 0.15) is 40.2 Å². The molecule has 0 bridgehead atoms. The maximum absolute atomic E-state index is 9.06. The lowest BCUT2D eigenvalue weighted by Crippen LogP contribution is -2.41. The summed E-state index contributed by atoms with van der Waals surface area (Å²) in [6.07, 6.45) is 0. The second-order valence-corrected chi connectivity index (χ2v) is 5.89. The van der Waals surface area contributed by atoms with Gasteiger partial charge < -0.3 is 14.0 Å². The van der Waals surface area contributed by atoms with Crippen molar-refractivity contribution in [3.63, 3.8) is 0 Å². The zero-order valence-electron chi connectivity index (χ0n) is 12.7. The van der Waals surface area contributed by atoms with Crippen molar-refractivity contribution in [1.29, 1.82) is 5.26 Å². The second-order valence-electron chi connectivity index (χ2n) is 5.89. The fraction of sp³-hybridized carbons (Fsp3) is 0.533. The van der Waals surface area contributed by atoms with Crippen LogP contribution in [-0.2, 0) is 9.31 Å². The second kappa shape index (κ2) is 5.12. The molecule has 0 spiro atoms. The Hall–Kier alpha value is -1.51. The quantitative estimate of drug-likeness (QED) is 0.793. The molecule has 0 atom stereocenters. The Morgan fingerprint density at radius 1 is 1.20 bits per heavy atom. The van der Waals surface area contributed by atoms with Crippen molar-refractivity contribution in [2.24, 2.45) is 0 Å². The molecule has 2 rings (SSSR count). The summed E-state index contributed by atoms with van der Waals surface area (Å²) in [5, 5.41) is 9.06. The van der Waals surface area contributed by atoms with Crippen molar-refractivity contribution in [2.45, 2.75) is 45.8 Å². The number of hydrogen-bond acceptors (Lipinski definition) is 4. The predicted octanol–water partition coefficient (Wildman–Crippen LogP) is 2.26. The van der Waals surface area contributed by atoms with Crippen LogP contribution in [0, 0.1) is 11.3 Å². The van der Waals surface area contributed by atoms with E-state index in [1.807, 2.05) is 34.6 Å². The molecule has 0 saturated carbocycles. The molecule has 1 saturated heterocycles. The van der Waals surface area contributed by atoms with E-state index in [2.05, 4.69) is 6.07 Å². The first-order valence-corrected chi connectivity index (χ1v) is 6.83. The fourth-order valence-electron chi connectivity index (χ4n) is 2.06. The summed E-state index contributed by atoms with van der Waals surface area (Å²) in [6.45, 7) is 10.5. The highest BCUT2D eigenvalue weighted by Crippen LogP contribution is 2.37. The van der Waals surface area contributed by atoms with Crippen LogP contribution in [0.25, 0.3) is 0 Å². The van der Waals surface area contributed by atoms with Gasteiger partial charge in [0.1, 0.15) is 5.75 Å². The molecular weight excluding hydrogens is 253 g/mol. The molecule has 0 unspecified atom stereocenters. The molecule has 4 nitrogen and oxygen atoms in total. The van der Waals surface area contributed by atoms with Crippen molar-refractivity contribution >= 4 is 12.6 Å². The van der Waals surface area contributed by atoms with Gasteiger partial charge in [0.05, 0.1) is 29.4 Å². The predicted molar refractivity (Wildman–Crippen MR) is 78.0 cm³/mol. The molecule has 5 heteroatoms. The minimum Gasteiger partial charge on any atom is -0.494 e. The molecule has 1 aromatic carbocycles. The van der Waals surface area contributed by atoms with Gasteiger partial charge in [-0.15, -0.1) is 0 Å². The lowest BCUT2D eigenvalue weighted by atomic mass is 9.77. The summed E-state index contributed by atoms with van der Waals surface area (Å²) in [5.74, 6) is 0.699. The van der Waals surface area contributed by atoms with Crippen LogP contribution in [0.4, 0.5) is 0 Å². The Morgan fingerprint density at radius 2 is 1.80 bits per heavy atom. The van der Waals surface area contributed by atoms with E-state index in [0.717, 1.165) is 5.46 Å². The molecule has 20 heavy (non-hydrogen) atoms. The lowest BCUT2D eigenvalue weighted by molar-refractivity contribution is 0.00578. The Kier molecular flexibility index (Phi) is 3.81. The third kappa shape index (κ3) is 2.54. The highest BCUT2D eigenvalue weighted by Gasteiger charge is 2.52. The van der Waals surface area contributed by atoms with Crippen molar-refractivity contribution in [3.8, 4) is 11.8 Å². The number of rotatable bonds is 3. The average molecular weight is 273 g/mol. The summed E-state index contributed by atoms with van der Waals surface area (Å²) >= 11 is 0. The maximum Gasteiger partial charge on any atom is 0.498 e. The van der Waals surface area contributed by atoms with Crippen LogP contribution in [0.2, 0.25) is 0 Å². The average Bonchev–Trinajstić information content (AvgIpc) is 2.59. The molecule has 0 amide bonds. The van der Waals surface area contributed by atoms with Crippen LogP contribution >= 0.6 is 0 Å². The Morgan fingerprint density at radius 3 is 2.30 bits per heavy atom. The fourth-order valence-corrected chi connectivity index (χ4v) is 2.06. The SMILES string of the molecule is CCOc1ccc(C#N)cc1B1OC(C)(C)C(C)(C)O1. The largest absolute Gasteiger partial charge is 0.498 e. The highest BCUT2D eigenvalue weighted by molar-refractivity contribution is 6.63. The minimum atomic E-state index is -0.519. The Labute approximate surface area is 120 Å². The zero-order chi connectivity index (χ0) is 15.0. The van der Waals surface area contributed by atoms with Gasteiger partial charge in [-0.3, -0.25) is 0 Å². The van der Waals surface area contributed by atoms with Gasteiger partial charge in [-0.05, 0) is 52.8 Å². The van der Waals surface area contributed by atoms with Gasteiger partial charge in [0.15, 0.2) is 0 Å². The van der Waals surface area contributed by atoms with Gasteiger partial charge in [0.2, 0.25) is 0 Å². The van der Waals surface area contributed by atoms with Crippen molar-refractivity contribution in [3.05, 3.63) is 23.8 Å². The molecule has 1 fully saturated rings. The van der Waals surface area contributed by atoms with Crippen molar-refractivity contribution < 1.29 is 14.0 Å². The van der Waals surface area contributed by atoms with Gasteiger partial charge in [-0.1, -0.05) is 0 Å². The number of benzene rings is 1. The van der Waals surface area contributed by atoms with Gasteiger partial charge in [-0.25, -0.2) is 0 Å². The Bertz CT molecular complexity index is 533. The van der Waals surface area contributed by atoms with Crippen molar-refractivity contribution in [2.75, 3.05) is 6.61 Å². The van der Waals surface area contributed by atoms with E-state index in [1.54, 1.807) is 18.2 Å². The first kappa shape index (κ1) is 14.9. The van der Waals surface area contributed by atoms with Gasteiger partial charge in [0, 0.05) is 5.46 Å². The van der Waals surface area contributed by atoms with E-state index in [1.165, 1.54) is 0 Å². The lowest BCUT2D eigenvalue weighted by Gasteiger charge is -2.32. The normalized spacial score (nSPS) is 19.7. The van der Waals surface area contributed by atoms with E-state index in [-0.39, 0.29) is 0 Å². The van der Waals surface area contributed by atoms with Gasteiger partial charge >= 0.3 is 7.12 Å². The third-order valence-electron chi connectivity index (χ3n) is 3.95. The monoisotopic (exact) mass is 273 g/mol. The van der Waals surface area contributed by atoms with Crippen LogP contribution in [0.3, 0.4) is 0 Å². The molecule has 0 aromatic heterocycles.